The van der Waals surface area contributed by atoms with Crippen LogP contribution in [0.5, 0.6) is 0 Å². The monoisotopic (exact) mass is 281 g/mol. The minimum absolute atomic E-state index is 0.0262. The minimum atomic E-state index is -0.167. The number of nitrogens with zero attached hydrogens (tertiary/aromatic N) is 3. The van der Waals surface area contributed by atoms with Gasteiger partial charge in [-0.3, -0.25) is 9.36 Å². The SMILES string of the molecule is CCn1c(=C(C#N)C#N)sc(=Cc2ccccc2)c1=O. The van der Waals surface area contributed by atoms with Crippen molar-refractivity contribution in [1.82, 2.24) is 4.57 Å². The molecule has 98 valence electrons. The Morgan fingerprint density at radius 2 is 1.95 bits per heavy atom. The summed E-state index contributed by atoms with van der Waals surface area (Å²) in [7, 11) is 0. The molecule has 1 heterocycles. The maximum Gasteiger partial charge on any atom is 0.269 e. The summed E-state index contributed by atoms with van der Waals surface area (Å²) in [5, 5.41) is 17.9. The Labute approximate surface area is 119 Å². The molecule has 0 aliphatic rings. The number of rotatable bonds is 2. The lowest BCUT2D eigenvalue weighted by molar-refractivity contribution is 0.722. The lowest BCUT2D eigenvalue weighted by Crippen LogP contribution is -2.31. The lowest BCUT2D eigenvalue weighted by atomic mass is 10.2. The fraction of sp³-hybridized carbons (Fsp3) is 0.133. The van der Waals surface area contributed by atoms with Crippen LogP contribution in [-0.2, 0) is 6.54 Å². The molecule has 1 aromatic carbocycles. The van der Waals surface area contributed by atoms with Crippen molar-refractivity contribution >= 4 is 23.0 Å². The van der Waals surface area contributed by atoms with E-state index in [1.807, 2.05) is 49.4 Å². The highest BCUT2D eigenvalue weighted by Gasteiger charge is 2.07. The number of nitriles is 2. The van der Waals surface area contributed by atoms with Crippen molar-refractivity contribution in [2.75, 3.05) is 0 Å². The van der Waals surface area contributed by atoms with E-state index in [0.29, 0.717) is 15.7 Å². The molecule has 20 heavy (non-hydrogen) atoms. The minimum Gasteiger partial charge on any atom is -0.298 e. The van der Waals surface area contributed by atoms with Crippen molar-refractivity contribution in [2.24, 2.45) is 0 Å². The van der Waals surface area contributed by atoms with Gasteiger partial charge in [-0.2, -0.15) is 10.5 Å². The highest BCUT2D eigenvalue weighted by Crippen LogP contribution is 1.98. The summed E-state index contributed by atoms with van der Waals surface area (Å²) in [4.78, 5) is 12.3. The summed E-state index contributed by atoms with van der Waals surface area (Å²) in [5.74, 6) is 0. The van der Waals surface area contributed by atoms with Crippen molar-refractivity contribution in [1.29, 1.82) is 10.5 Å². The molecule has 0 aliphatic carbocycles. The topological polar surface area (TPSA) is 69.6 Å². The molecule has 0 N–H and O–H groups in total. The predicted molar refractivity (Wildman–Crippen MR) is 78.1 cm³/mol. The fourth-order valence-electron chi connectivity index (χ4n) is 1.81. The summed E-state index contributed by atoms with van der Waals surface area (Å²) >= 11 is 1.18. The fourth-order valence-corrected chi connectivity index (χ4v) is 2.93. The van der Waals surface area contributed by atoms with Gasteiger partial charge in [-0.15, -0.1) is 11.3 Å². The van der Waals surface area contributed by atoms with Gasteiger partial charge in [-0.05, 0) is 18.6 Å². The second-order valence-corrected chi connectivity index (χ2v) is 5.01. The second kappa shape index (κ2) is 6.01. The third-order valence-electron chi connectivity index (χ3n) is 2.76. The quantitative estimate of drug-likeness (QED) is 0.823. The van der Waals surface area contributed by atoms with Crippen LogP contribution in [0.15, 0.2) is 35.1 Å². The van der Waals surface area contributed by atoms with E-state index < -0.39 is 0 Å². The molecule has 5 heteroatoms. The van der Waals surface area contributed by atoms with E-state index in [-0.39, 0.29) is 11.1 Å². The van der Waals surface area contributed by atoms with E-state index in [1.54, 1.807) is 6.08 Å². The summed E-state index contributed by atoms with van der Waals surface area (Å²) in [5.41, 5.74) is 0.720. The zero-order chi connectivity index (χ0) is 14.5. The highest BCUT2D eigenvalue weighted by atomic mass is 32.1. The van der Waals surface area contributed by atoms with Crippen LogP contribution in [0.25, 0.3) is 11.6 Å². The Kier molecular flexibility index (Phi) is 4.14. The lowest BCUT2D eigenvalue weighted by Gasteiger charge is -1.93. The molecule has 2 rings (SSSR count). The van der Waals surface area contributed by atoms with Crippen LogP contribution >= 0.6 is 11.3 Å². The van der Waals surface area contributed by atoms with E-state index in [9.17, 15) is 4.79 Å². The van der Waals surface area contributed by atoms with E-state index in [1.165, 1.54) is 15.9 Å². The molecule has 0 saturated heterocycles. The molecular weight excluding hydrogens is 270 g/mol. The molecule has 2 aromatic rings. The van der Waals surface area contributed by atoms with Gasteiger partial charge in [0.15, 0.2) is 5.57 Å². The second-order valence-electron chi connectivity index (χ2n) is 3.97. The van der Waals surface area contributed by atoms with Crippen LogP contribution in [0, 0.1) is 22.7 Å². The average Bonchev–Trinajstić information content (AvgIpc) is 2.78. The number of hydrogen-bond donors (Lipinski definition) is 0. The molecule has 0 spiro atoms. The molecule has 0 unspecified atom stereocenters. The first-order valence-corrected chi connectivity index (χ1v) is 6.83. The molecule has 0 saturated carbocycles. The molecule has 0 atom stereocenters. The van der Waals surface area contributed by atoms with Crippen molar-refractivity contribution in [2.45, 2.75) is 13.5 Å². The molecule has 4 nitrogen and oxygen atoms in total. The highest BCUT2D eigenvalue weighted by molar-refractivity contribution is 7.07. The number of aromatic nitrogens is 1. The van der Waals surface area contributed by atoms with Gasteiger partial charge >= 0.3 is 0 Å². The van der Waals surface area contributed by atoms with Crippen molar-refractivity contribution in [3.63, 3.8) is 0 Å². The maximum absolute atomic E-state index is 12.3. The zero-order valence-electron chi connectivity index (χ0n) is 10.8. The van der Waals surface area contributed by atoms with Gasteiger partial charge in [0.05, 0.1) is 4.53 Å². The molecule has 0 fully saturated rings. The van der Waals surface area contributed by atoms with E-state index >= 15 is 0 Å². The van der Waals surface area contributed by atoms with Gasteiger partial charge in [0.1, 0.15) is 16.8 Å². The molecular formula is C15H11N3OS. The third kappa shape index (κ3) is 2.54. The number of thiazole rings is 1. The van der Waals surface area contributed by atoms with Gasteiger partial charge in [0.25, 0.3) is 5.56 Å². The van der Waals surface area contributed by atoms with Crippen LogP contribution in [0.1, 0.15) is 12.5 Å². The van der Waals surface area contributed by atoms with Gasteiger partial charge < -0.3 is 0 Å². The summed E-state index contributed by atoms with van der Waals surface area (Å²) in [6, 6.07) is 13.2. The maximum atomic E-state index is 12.3. The van der Waals surface area contributed by atoms with Crippen LogP contribution in [0.3, 0.4) is 0 Å². The molecule has 0 bridgehead atoms. The molecule has 0 amide bonds. The Morgan fingerprint density at radius 3 is 2.50 bits per heavy atom. The smallest absolute Gasteiger partial charge is 0.269 e. The number of hydrogen-bond acceptors (Lipinski definition) is 4. The van der Waals surface area contributed by atoms with Crippen LogP contribution < -0.4 is 14.8 Å². The first-order valence-electron chi connectivity index (χ1n) is 6.02. The van der Waals surface area contributed by atoms with E-state index in [0.717, 1.165) is 5.56 Å². The molecule has 0 radical (unpaired) electrons. The Hall–Kier alpha value is -2.63. The zero-order valence-corrected chi connectivity index (χ0v) is 11.6. The van der Waals surface area contributed by atoms with Crippen LogP contribution in [0.2, 0.25) is 0 Å². The predicted octanol–water partition coefficient (Wildman–Crippen LogP) is 0.956. The van der Waals surface area contributed by atoms with Gasteiger partial charge in [-0.25, -0.2) is 0 Å². The van der Waals surface area contributed by atoms with Gasteiger partial charge in [0, 0.05) is 6.54 Å². The Morgan fingerprint density at radius 1 is 1.30 bits per heavy atom. The van der Waals surface area contributed by atoms with Crippen LogP contribution in [-0.4, -0.2) is 4.57 Å². The first-order chi connectivity index (χ1) is 9.71. The third-order valence-corrected chi connectivity index (χ3v) is 3.89. The molecule has 0 aliphatic heterocycles. The summed E-state index contributed by atoms with van der Waals surface area (Å²) < 4.78 is 2.40. The van der Waals surface area contributed by atoms with E-state index in [4.69, 9.17) is 10.5 Å². The summed E-state index contributed by atoms with van der Waals surface area (Å²) in [6.07, 6.45) is 1.77. The Bertz CT molecular complexity index is 860. The average molecular weight is 281 g/mol. The normalized spacial score (nSPS) is 10.8. The largest absolute Gasteiger partial charge is 0.298 e. The van der Waals surface area contributed by atoms with Gasteiger partial charge in [-0.1, -0.05) is 30.3 Å². The van der Waals surface area contributed by atoms with Crippen LogP contribution in [0.4, 0.5) is 0 Å². The Balaban J connectivity index is 2.82. The molecule has 1 aromatic heterocycles. The van der Waals surface area contributed by atoms with Crippen molar-refractivity contribution in [3.8, 4) is 12.1 Å². The summed E-state index contributed by atoms with van der Waals surface area (Å²) in [6.45, 7) is 2.25. The van der Waals surface area contributed by atoms with E-state index in [2.05, 4.69) is 0 Å². The standard InChI is InChI=1S/C15H11N3OS/c1-2-18-14(19)13(8-11-6-4-3-5-7-11)20-15(18)12(9-16)10-17/h3-8H,2H2,1H3. The van der Waals surface area contributed by atoms with Gasteiger partial charge in [0.2, 0.25) is 0 Å². The van der Waals surface area contributed by atoms with Crippen molar-refractivity contribution in [3.05, 3.63) is 55.4 Å². The van der Waals surface area contributed by atoms with Crippen molar-refractivity contribution < 1.29 is 0 Å². The first kappa shape index (κ1) is 13.8. The number of benzene rings is 1.